The van der Waals surface area contributed by atoms with E-state index in [-0.39, 0.29) is 5.69 Å². The Hall–Kier alpha value is -3.39. The molecule has 1 atom stereocenters. The van der Waals surface area contributed by atoms with Crippen LogP contribution in [0.25, 0.3) is 22.4 Å². The van der Waals surface area contributed by atoms with E-state index in [9.17, 15) is 5.11 Å². The Morgan fingerprint density at radius 2 is 2.00 bits per heavy atom. The number of pyridine rings is 3. The molecule has 0 saturated carbocycles. The highest BCUT2D eigenvalue weighted by atomic mass is 19.1. The quantitative estimate of drug-likeness (QED) is 0.537. The van der Waals surface area contributed by atoms with Gasteiger partial charge >= 0.3 is 0 Å². The molecule has 8 heteroatoms. The Morgan fingerprint density at radius 3 is 2.72 bits per heavy atom. The number of aromatic nitrogens is 5. The third-order valence-corrected chi connectivity index (χ3v) is 4.70. The minimum Gasteiger partial charge on any atom is -0.391 e. The standard InChI is InChI=1S/C21H21FN6O/c1-12(29)10-28-11-17-20(27-28)16(7-9-24-17)26-19-13(2)14(3)25-21(18(19)22)15-6-4-5-8-23-15/h4-9,11-12,29H,10H2,1-3H3,(H,25,26)/t12-/m0/s1. The van der Waals surface area contributed by atoms with Gasteiger partial charge in [0.25, 0.3) is 0 Å². The van der Waals surface area contributed by atoms with Crippen molar-refractivity contribution >= 4 is 22.4 Å². The fourth-order valence-electron chi connectivity index (χ4n) is 3.15. The molecule has 0 radical (unpaired) electrons. The molecule has 2 N–H and O–H groups in total. The zero-order valence-electron chi connectivity index (χ0n) is 16.4. The molecular formula is C21H21FN6O. The van der Waals surface area contributed by atoms with Crippen molar-refractivity contribution in [3.63, 3.8) is 0 Å². The van der Waals surface area contributed by atoms with Crippen molar-refractivity contribution in [2.75, 3.05) is 5.32 Å². The first-order valence-corrected chi connectivity index (χ1v) is 9.29. The van der Waals surface area contributed by atoms with E-state index in [2.05, 4.69) is 25.4 Å². The van der Waals surface area contributed by atoms with Crippen molar-refractivity contribution in [2.24, 2.45) is 0 Å². The number of anilines is 2. The van der Waals surface area contributed by atoms with Gasteiger partial charge in [-0.2, -0.15) is 5.10 Å². The highest BCUT2D eigenvalue weighted by molar-refractivity contribution is 5.90. The first kappa shape index (κ1) is 18.9. The van der Waals surface area contributed by atoms with E-state index < -0.39 is 11.9 Å². The van der Waals surface area contributed by atoms with Crippen LogP contribution in [-0.2, 0) is 6.54 Å². The average Bonchev–Trinajstić information content (AvgIpc) is 3.11. The molecule has 0 fully saturated rings. The van der Waals surface area contributed by atoms with Crippen molar-refractivity contribution in [2.45, 2.75) is 33.4 Å². The first-order valence-electron chi connectivity index (χ1n) is 9.29. The summed E-state index contributed by atoms with van der Waals surface area (Å²) in [6, 6.07) is 7.05. The Kier molecular flexibility index (Phi) is 4.94. The van der Waals surface area contributed by atoms with E-state index >= 15 is 4.39 Å². The van der Waals surface area contributed by atoms with Gasteiger partial charge in [0.05, 0.1) is 35.9 Å². The van der Waals surface area contributed by atoms with Gasteiger partial charge in [-0.3, -0.25) is 14.6 Å². The third kappa shape index (κ3) is 3.66. The fourth-order valence-corrected chi connectivity index (χ4v) is 3.15. The van der Waals surface area contributed by atoms with Gasteiger partial charge in [0.2, 0.25) is 0 Å². The molecule has 148 valence electrons. The molecule has 0 aliphatic heterocycles. The van der Waals surface area contributed by atoms with Crippen molar-refractivity contribution < 1.29 is 9.50 Å². The zero-order valence-corrected chi connectivity index (χ0v) is 16.4. The SMILES string of the molecule is Cc1nc(-c2ccccn2)c(F)c(Nc2ccnc3cn(C[C@H](C)O)nc23)c1C. The number of nitrogens with one attached hydrogen (secondary N) is 1. The van der Waals surface area contributed by atoms with Crippen LogP contribution in [-0.4, -0.2) is 35.9 Å². The van der Waals surface area contributed by atoms with E-state index in [0.29, 0.717) is 45.9 Å². The van der Waals surface area contributed by atoms with Crippen LogP contribution in [0.5, 0.6) is 0 Å². The predicted molar refractivity (Wildman–Crippen MR) is 109 cm³/mol. The summed E-state index contributed by atoms with van der Waals surface area (Å²) < 4.78 is 17.1. The average molecular weight is 392 g/mol. The van der Waals surface area contributed by atoms with E-state index in [1.807, 2.05) is 13.8 Å². The van der Waals surface area contributed by atoms with Gasteiger partial charge in [-0.1, -0.05) is 6.07 Å². The van der Waals surface area contributed by atoms with Gasteiger partial charge in [0.15, 0.2) is 5.82 Å². The molecule has 4 aromatic heterocycles. The van der Waals surface area contributed by atoms with E-state index in [1.165, 1.54) is 0 Å². The minimum absolute atomic E-state index is 0.195. The molecule has 0 bridgehead atoms. The molecule has 0 unspecified atom stereocenters. The summed E-state index contributed by atoms with van der Waals surface area (Å²) in [4.78, 5) is 13.0. The number of rotatable bonds is 5. The predicted octanol–water partition coefficient (Wildman–Crippen LogP) is 3.77. The lowest BCUT2D eigenvalue weighted by molar-refractivity contribution is 0.169. The summed E-state index contributed by atoms with van der Waals surface area (Å²) in [6.45, 7) is 5.70. The Balaban J connectivity index is 1.80. The normalized spacial score (nSPS) is 12.3. The largest absolute Gasteiger partial charge is 0.391 e. The number of nitrogens with zero attached hydrogens (tertiary/aromatic N) is 5. The smallest absolute Gasteiger partial charge is 0.174 e. The van der Waals surface area contributed by atoms with Crippen LogP contribution in [0.2, 0.25) is 0 Å². The lowest BCUT2D eigenvalue weighted by atomic mass is 10.1. The molecule has 7 nitrogen and oxygen atoms in total. The van der Waals surface area contributed by atoms with Crippen LogP contribution in [0, 0.1) is 19.7 Å². The minimum atomic E-state index is -0.538. The molecule has 0 aliphatic rings. The molecule has 0 aromatic carbocycles. The maximum absolute atomic E-state index is 15.4. The molecule has 29 heavy (non-hydrogen) atoms. The summed E-state index contributed by atoms with van der Waals surface area (Å²) in [7, 11) is 0. The van der Waals surface area contributed by atoms with Gasteiger partial charge in [-0.15, -0.1) is 0 Å². The number of halogens is 1. The Bertz CT molecular complexity index is 1170. The molecule has 4 heterocycles. The summed E-state index contributed by atoms with van der Waals surface area (Å²) in [5.74, 6) is -0.472. The van der Waals surface area contributed by atoms with E-state index in [4.69, 9.17) is 0 Å². The second-order valence-electron chi connectivity index (χ2n) is 6.99. The molecule has 0 amide bonds. The van der Waals surface area contributed by atoms with Crippen LogP contribution < -0.4 is 5.32 Å². The van der Waals surface area contributed by atoms with Crippen molar-refractivity contribution in [1.29, 1.82) is 0 Å². The van der Waals surface area contributed by atoms with E-state index in [1.54, 1.807) is 54.5 Å². The number of aliphatic hydroxyl groups excluding tert-OH is 1. The second-order valence-corrected chi connectivity index (χ2v) is 6.99. The van der Waals surface area contributed by atoms with Gasteiger partial charge < -0.3 is 10.4 Å². The Labute approximate surface area is 167 Å². The monoisotopic (exact) mass is 392 g/mol. The van der Waals surface area contributed by atoms with Gasteiger partial charge in [0, 0.05) is 18.1 Å². The number of aryl methyl sites for hydroxylation is 1. The first-order chi connectivity index (χ1) is 13.9. The molecule has 0 saturated heterocycles. The molecule has 4 rings (SSSR count). The van der Waals surface area contributed by atoms with Crippen molar-refractivity contribution in [3.8, 4) is 11.4 Å². The summed E-state index contributed by atoms with van der Waals surface area (Å²) >= 11 is 0. The van der Waals surface area contributed by atoms with Crippen LogP contribution in [0.15, 0.2) is 42.9 Å². The van der Waals surface area contributed by atoms with Crippen molar-refractivity contribution in [1.82, 2.24) is 24.7 Å². The number of fused-ring (bicyclic) bond motifs is 1. The van der Waals surface area contributed by atoms with Gasteiger partial charge in [0.1, 0.15) is 16.7 Å². The van der Waals surface area contributed by atoms with Crippen LogP contribution in [0.3, 0.4) is 0 Å². The Morgan fingerprint density at radius 1 is 1.17 bits per heavy atom. The number of aliphatic hydroxyl groups is 1. The van der Waals surface area contributed by atoms with Gasteiger partial charge in [-0.25, -0.2) is 9.37 Å². The highest BCUT2D eigenvalue weighted by Gasteiger charge is 2.19. The summed E-state index contributed by atoms with van der Waals surface area (Å²) in [6.07, 6.45) is 4.47. The van der Waals surface area contributed by atoms with Crippen LogP contribution in [0.4, 0.5) is 15.8 Å². The highest BCUT2D eigenvalue weighted by Crippen LogP contribution is 2.33. The molecule has 4 aromatic rings. The molecular weight excluding hydrogens is 371 g/mol. The van der Waals surface area contributed by atoms with Gasteiger partial charge in [-0.05, 0) is 44.5 Å². The lowest BCUT2D eigenvalue weighted by Gasteiger charge is -2.15. The van der Waals surface area contributed by atoms with E-state index in [0.717, 1.165) is 0 Å². The second kappa shape index (κ2) is 7.56. The topological polar surface area (TPSA) is 88.8 Å². The third-order valence-electron chi connectivity index (χ3n) is 4.70. The van der Waals surface area contributed by atoms with Crippen molar-refractivity contribution in [3.05, 3.63) is 59.9 Å². The fraction of sp³-hybridized carbons (Fsp3) is 0.238. The zero-order chi connectivity index (χ0) is 20.5. The van der Waals surface area contributed by atoms with Crippen LogP contribution in [0.1, 0.15) is 18.2 Å². The number of hydrogen-bond acceptors (Lipinski definition) is 6. The number of hydrogen-bond donors (Lipinski definition) is 2. The summed E-state index contributed by atoms with van der Waals surface area (Å²) in [5.41, 5.74) is 4.29. The molecule has 0 spiro atoms. The lowest BCUT2D eigenvalue weighted by Crippen LogP contribution is -2.11. The maximum atomic E-state index is 15.4. The van der Waals surface area contributed by atoms with Crippen LogP contribution >= 0.6 is 0 Å². The maximum Gasteiger partial charge on any atom is 0.174 e. The molecule has 0 aliphatic carbocycles. The summed E-state index contributed by atoms with van der Waals surface area (Å²) in [5, 5.41) is 17.3.